The van der Waals surface area contributed by atoms with E-state index < -0.39 is 0 Å². The Bertz CT molecular complexity index is 545. The third kappa shape index (κ3) is 4.75. The van der Waals surface area contributed by atoms with Crippen LogP contribution in [0.3, 0.4) is 0 Å². The van der Waals surface area contributed by atoms with Gasteiger partial charge in [0.2, 0.25) is 0 Å². The van der Waals surface area contributed by atoms with E-state index in [4.69, 9.17) is 21.1 Å². The monoisotopic (exact) mass is 359 g/mol. The van der Waals surface area contributed by atoms with E-state index in [1.807, 2.05) is 6.07 Å². The molecule has 3 rings (SSSR count). The number of rotatable bonds is 4. The number of hydrogen-bond donors (Lipinski definition) is 0. The molecule has 0 radical (unpaired) electrons. The first-order valence-electron chi connectivity index (χ1n) is 8.09. The Kier molecular flexibility index (Phi) is 7.00. The summed E-state index contributed by atoms with van der Waals surface area (Å²) in [7, 11) is 0. The van der Waals surface area contributed by atoms with E-state index in [9.17, 15) is 4.79 Å². The molecule has 128 valence electrons. The summed E-state index contributed by atoms with van der Waals surface area (Å²) in [6, 6.07) is 3.52. The smallest absolute Gasteiger partial charge is 0.342 e. The summed E-state index contributed by atoms with van der Waals surface area (Å²) < 4.78 is 11.1. The van der Waals surface area contributed by atoms with Gasteiger partial charge < -0.3 is 9.47 Å². The van der Waals surface area contributed by atoms with Crippen LogP contribution in [0.15, 0.2) is 12.1 Å². The summed E-state index contributed by atoms with van der Waals surface area (Å²) in [6.07, 6.45) is 5.64. The Hall–Kier alpha value is -0.970. The molecule has 1 aromatic carbocycles. The molecule has 1 aromatic rings. The van der Waals surface area contributed by atoms with Crippen molar-refractivity contribution in [1.82, 2.24) is 4.90 Å². The van der Waals surface area contributed by atoms with Crippen molar-refractivity contribution in [2.75, 3.05) is 32.8 Å². The fraction of sp³-hybridized carbons (Fsp3) is 0.588. The van der Waals surface area contributed by atoms with Gasteiger partial charge in [-0.05, 0) is 56.5 Å². The lowest BCUT2D eigenvalue weighted by atomic mass is 10.0. The van der Waals surface area contributed by atoms with Crippen molar-refractivity contribution in [3.63, 3.8) is 0 Å². The van der Waals surface area contributed by atoms with Gasteiger partial charge in [0.05, 0.1) is 6.61 Å². The first-order chi connectivity index (χ1) is 10.7. The van der Waals surface area contributed by atoms with Gasteiger partial charge in [-0.1, -0.05) is 18.0 Å². The largest absolute Gasteiger partial charge is 0.492 e. The summed E-state index contributed by atoms with van der Waals surface area (Å²) in [5.41, 5.74) is 1.46. The molecule has 2 aliphatic rings. The number of aryl methyl sites for hydroxylation is 1. The highest BCUT2D eigenvalue weighted by atomic mass is 35.5. The molecule has 6 heteroatoms. The summed E-state index contributed by atoms with van der Waals surface area (Å²) in [6.45, 7) is 4.07. The van der Waals surface area contributed by atoms with Gasteiger partial charge in [-0.2, -0.15) is 0 Å². The third-order valence-electron chi connectivity index (χ3n) is 4.28. The van der Waals surface area contributed by atoms with E-state index in [0.717, 1.165) is 38.0 Å². The minimum Gasteiger partial charge on any atom is -0.492 e. The molecule has 1 saturated heterocycles. The average Bonchev–Trinajstić information content (AvgIpc) is 2.55. The van der Waals surface area contributed by atoms with Gasteiger partial charge in [-0.25, -0.2) is 4.79 Å². The number of piperidine rings is 1. The number of fused-ring (bicyclic) bond motifs is 1. The fourth-order valence-electron chi connectivity index (χ4n) is 3.12. The van der Waals surface area contributed by atoms with Crippen LogP contribution in [0.5, 0.6) is 5.75 Å². The maximum atomic E-state index is 12.3. The highest BCUT2D eigenvalue weighted by Gasteiger charge is 2.22. The molecular weight excluding hydrogens is 337 g/mol. The van der Waals surface area contributed by atoms with Gasteiger partial charge in [-0.3, -0.25) is 4.90 Å². The Morgan fingerprint density at radius 1 is 1.22 bits per heavy atom. The number of likely N-dealkylation sites (tertiary alicyclic amines) is 1. The van der Waals surface area contributed by atoms with Crippen LogP contribution >= 0.6 is 24.0 Å². The van der Waals surface area contributed by atoms with Crippen LogP contribution in [-0.4, -0.2) is 43.7 Å². The van der Waals surface area contributed by atoms with Crippen molar-refractivity contribution < 1.29 is 14.3 Å². The molecule has 2 heterocycles. The van der Waals surface area contributed by atoms with E-state index in [2.05, 4.69) is 4.90 Å². The van der Waals surface area contributed by atoms with Crippen molar-refractivity contribution in [2.24, 2.45) is 0 Å². The van der Waals surface area contributed by atoms with Gasteiger partial charge in [0.25, 0.3) is 0 Å². The molecule has 23 heavy (non-hydrogen) atoms. The quantitative estimate of drug-likeness (QED) is 0.767. The van der Waals surface area contributed by atoms with E-state index in [0.29, 0.717) is 29.5 Å². The van der Waals surface area contributed by atoms with Crippen molar-refractivity contribution in [3.05, 3.63) is 28.3 Å². The second-order valence-corrected chi connectivity index (χ2v) is 6.37. The minimum atomic E-state index is -0.336. The molecule has 0 bridgehead atoms. The molecule has 0 N–H and O–H groups in total. The number of benzene rings is 1. The van der Waals surface area contributed by atoms with Crippen LogP contribution in [0.25, 0.3) is 0 Å². The standard InChI is InChI=1S/C17H22ClNO3.ClH/c18-14-11-13-5-4-9-21-16(13)15(12-14)17(20)22-10-8-19-6-2-1-3-7-19;/h11-12H,1-10H2;1H. The van der Waals surface area contributed by atoms with Gasteiger partial charge in [0.1, 0.15) is 17.9 Å². The zero-order chi connectivity index (χ0) is 15.4. The Morgan fingerprint density at radius 3 is 2.78 bits per heavy atom. The molecule has 0 aliphatic carbocycles. The van der Waals surface area contributed by atoms with Crippen LogP contribution in [0, 0.1) is 0 Å². The van der Waals surface area contributed by atoms with Gasteiger partial charge in [0, 0.05) is 11.6 Å². The molecule has 0 amide bonds. The zero-order valence-electron chi connectivity index (χ0n) is 13.2. The molecular formula is C17H23Cl2NO3. The van der Waals surface area contributed by atoms with Crippen LogP contribution < -0.4 is 4.74 Å². The zero-order valence-corrected chi connectivity index (χ0v) is 14.8. The molecule has 0 unspecified atom stereocenters. The van der Waals surface area contributed by atoms with E-state index in [1.165, 1.54) is 19.3 Å². The van der Waals surface area contributed by atoms with Crippen LogP contribution in [0.4, 0.5) is 0 Å². The second-order valence-electron chi connectivity index (χ2n) is 5.93. The molecule has 0 spiro atoms. The van der Waals surface area contributed by atoms with Crippen LogP contribution in [0.1, 0.15) is 41.6 Å². The minimum absolute atomic E-state index is 0. The SMILES string of the molecule is Cl.O=C(OCCN1CCCCC1)c1cc(Cl)cc2c1OCCC2. The number of nitrogens with zero attached hydrogens (tertiary/aromatic N) is 1. The topological polar surface area (TPSA) is 38.8 Å². The number of carbonyl (C=O) groups is 1. The Balaban J connectivity index is 0.00000192. The molecule has 2 aliphatic heterocycles. The molecule has 4 nitrogen and oxygen atoms in total. The second kappa shape index (κ2) is 8.76. The molecule has 0 aromatic heterocycles. The third-order valence-corrected chi connectivity index (χ3v) is 4.49. The first kappa shape index (κ1) is 18.4. The first-order valence-corrected chi connectivity index (χ1v) is 8.46. The fourth-order valence-corrected chi connectivity index (χ4v) is 3.36. The summed E-state index contributed by atoms with van der Waals surface area (Å²) in [5, 5.41) is 0.562. The van der Waals surface area contributed by atoms with Crippen molar-refractivity contribution in [2.45, 2.75) is 32.1 Å². The number of halogens is 2. The number of ether oxygens (including phenoxy) is 2. The molecule has 0 atom stereocenters. The Labute approximate surface area is 148 Å². The summed E-state index contributed by atoms with van der Waals surface area (Å²) in [5.74, 6) is 0.316. The highest BCUT2D eigenvalue weighted by Crippen LogP contribution is 2.32. The van der Waals surface area contributed by atoms with Crippen LogP contribution in [-0.2, 0) is 11.2 Å². The molecule has 0 saturated carbocycles. The number of carbonyl (C=O) groups excluding carboxylic acids is 1. The lowest BCUT2D eigenvalue weighted by Crippen LogP contribution is -2.33. The van der Waals surface area contributed by atoms with Gasteiger partial charge in [-0.15, -0.1) is 12.4 Å². The predicted molar refractivity (Wildman–Crippen MR) is 93.1 cm³/mol. The van der Waals surface area contributed by atoms with Gasteiger partial charge >= 0.3 is 5.97 Å². The highest BCUT2D eigenvalue weighted by molar-refractivity contribution is 6.31. The van der Waals surface area contributed by atoms with Crippen LogP contribution in [0.2, 0.25) is 5.02 Å². The number of esters is 1. The predicted octanol–water partition coefficient (Wildman–Crippen LogP) is 3.73. The summed E-state index contributed by atoms with van der Waals surface area (Å²) >= 11 is 6.11. The average molecular weight is 360 g/mol. The number of hydrogen-bond acceptors (Lipinski definition) is 4. The van der Waals surface area contributed by atoms with E-state index in [-0.39, 0.29) is 18.4 Å². The maximum Gasteiger partial charge on any atom is 0.342 e. The molecule has 1 fully saturated rings. The van der Waals surface area contributed by atoms with E-state index in [1.54, 1.807) is 6.07 Å². The van der Waals surface area contributed by atoms with Crippen molar-refractivity contribution in [3.8, 4) is 5.75 Å². The van der Waals surface area contributed by atoms with Crippen molar-refractivity contribution in [1.29, 1.82) is 0 Å². The lowest BCUT2D eigenvalue weighted by molar-refractivity contribution is 0.0446. The summed E-state index contributed by atoms with van der Waals surface area (Å²) in [4.78, 5) is 14.7. The van der Waals surface area contributed by atoms with Crippen molar-refractivity contribution >= 4 is 30.0 Å². The maximum absolute atomic E-state index is 12.3. The lowest BCUT2D eigenvalue weighted by Gasteiger charge is -2.26. The van der Waals surface area contributed by atoms with Gasteiger partial charge in [0.15, 0.2) is 0 Å². The van der Waals surface area contributed by atoms with E-state index >= 15 is 0 Å². The Morgan fingerprint density at radius 2 is 2.00 bits per heavy atom. The normalized spacial score (nSPS) is 17.6.